The number of fused-ring (bicyclic) bond motifs is 11. The van der Waals surface area contributed by atoms with E-state index in [0.717, 1.165) is 25.7 Å². The van der Waals surface area contributed by atoms with Gasteiger partial charge in [0.2, 0.25) is 0 Å². The summed E-state index contributed by atoms with van der Waals surface area (Å²) in [5, 5.41) is 36.2. The lowest BCUT2D eigenvalue weighted by Crippen LogP contribution is -2.63. The molecule has 16 nitrogen and oxygen atoms in total. The lowest BCUT2D eigenvalue weighted by molar-refractivity contribution is -0.339. The number of ether oxygens (including phenoxy) is 13. The van der Waals surface area contributed by atoms with Gasteiger partial charge in [0.05, 0.1) is 110 Å². The van der Waals surface area contributed by atoms with E-state index in [4.69, 9.17) is 61.6 Å². The molecule has 0 saturated carbocycles. The zero-order valence-electron chi connectivity index (χ0n) is 44.9. The topological polar surface area (TPSA) is 181 Å². The first kappa shape index (κ1) is 53.1. The van der Waals surface area contributed by atoms with Gasteiger partial charge in [-0.25, -0.2) is 0 Å². The Labute approximate surface area is 448 Å². The third-order valence-electron chi connectivity index (χ3n) is 20.3. The largest absolute Gasteiger partial charge is 0.390 e. The second kappa shape index (κ2) is 21.3. The van der Waals surface area contributed by atoms with Crippen LogP contribution in [0.1, 0.15) is 105 Å². The van der Waals surface area contributed by atoms with Gasteiger partial charge in [-0.3, -0.25) is 0 Å². The molecule has 31 atom stereocenters. The third kappa shape index (κ3) is 9.58. The first-order chi connectivity index (χ1) is 36.8. The smallest absolute Gasteiger partial charge is 0.171 e. The minimum atomic E-state index is -1.01. The lowest BCUT2D eigenvalue weighted by Gasteiger charge is -2.53. The van der Waals surface area contributed by atoms with Crippen LogP contribution < -0.4 is 0 Å². The van der Waals surface area contributed by atoms with Crippen LogP contribution in [0.15, 0.2) is 73.4 Å². The van der Waals surface area contributed by atoms with E-state index in [1.54, 1.807) is 6.08 Å². The van der Waals surface area contributed by atoms with E-state index in [1.807, 2.05) is 37.3 Å². The van der Waals surface area contributed by atoms with Gasteiger partial charge >= 0.3 is 0 Å². The van der Waals surface area contributed by atoms with Crippen molar-refractivity contribution in [3.8, 4) is 0 Å². The molecular weight excluding hydrogens is 977 g/mol. The maximum Gasteiger partial charge on any atom is 0.171 e. The first-order valence-corrected chi connectivity index (χ1v) is 29.3. The maximum absolute atomic E-state index is 12.4. The van der Waals surface area contributed by atoms with Crippen LogP contribution in [0.3, 0.4) is 0 Å². The second-order valence-corrected chi connectivity index (χ2v) is 25.1. The number of aliphatic hydroxyl groups is 3. The Bertz CT molecular complexity index is 2230. The fraction of sp³-hybridized carbons (Fsp3) is 0.800. The van der Waals surface area contributed by atoms with E-state index in [2.05, 4.69) is 64.7 Å². The minimum Gasteiger partial charge on any atom is -0.390 e. The second-order valence-electron chi connectivity index (χ2n) is 25.1. The Morgan fingerprint density at radius 2 is 1.13 bits per heavy atom. The van der Waals surface area contributed by atoms with Crippen molar-refractivity contribution < 1.29 is 76.9 Å². The molecule has 0 unspecified atom stereocenters. The fourth-order valence-corrected chi connectivity index (χ4v) is 15.8. The summed E-state index contributed by atoms with van der Waals surface area (Å²) in [7, 11) is 0. The number of hydrogen-bond acceptors (Lipinski definition) is 16. The zero-order chi connectivity index (χ0) is 52.2. The van der Waals surface area contributed by atoms with Gasteiger partial charge in [0.25, 0.3) is 0 Å². The molecule has 9 saturated heterocycles. The molecule has 13 aliphatic heterocycles. The molecule has 0 aromatic rings. The van der Waals surface area contributed by atoms with Crippen molar-refractivity contribution in [2.45, 2.75) is 269 Å². The lowest BCUT2D eigenvalue weighted by atomic mass is 9.76. The summed E-state index contributed by atoms with van der Waals surface area (Å²) in [5.41, 5.74) is -1.01. The summed E-state index contributed by atoms with van der Waals surface area (Å²) >= 11 is 0. The minimum absolute atomic E-state index is 0.0983. The molecule has 13 heterocycles. The fourth-order valence-electron chi connectivity index (χ4n) is 15.8. The molecule has 13 aliphatic rings. The monoisotopic (exact) mass is 1060 g/mol. The molecule has 420 valence electrons. The zero-order valence-corrected chi connectivity index (χ0v) is 44.9. The van der Waals surface area contributed by atoms with Gasteiger partial charge in [0, 0.05) is 43.9 Å². The highest BCUT2D eigenvalue weighted by molar-refractivity contribution is 5.18. The summed E-state index contributed by atoms with van der Waals surface area (Å²) in [6, 6.07) is 0. The number of allylic oxidation sites excluding steroid dienone is 2. The maximum atomic E-state index is 12.4. The van der Waals surface area contributed by atoms with Crippen LogP contribution in [0.4, 0.5) is 0 Å². The van der Waals surface area contributed by atoms with Gasteiger partial charge in [0.15, 0.2) is 5.79 Å². The first-order valence-electron chi connectivity index (χ1n) is 29.3. The Kier molecular flexibility index (Phi) is 14.9. The van der Waals surface area contributed by atoms with E-state index < -0.39 is 84.6 Å². The van der Waals surface area contributed by atoms with E-state index >= 15 is 0 Å². The van der Waals surface area contributed by atoms with Crippen LogP contribution in [0.25, 0.3) is 0 Å². The average molecular weight is 1060 g/mol. The molecular formula is C60H84O16. The molecule has 3 N–H and O–H groups in total. The summed E-state index contributed by atoms with van der Waals surface area (Å²) in [5.74, 6) is -0.482. The van der Waals surface area contributed by atoms with Crippen molar-refractivity contribution >= 4 is 0 Å². The highest BCUT2D eigenvalue weighted by atomic mass is 16.7. The Balaban J connectivity index is 0.686. The molecule has 0 aromatic carbocycles. The van der Waals surface area contributed by atoms with E-state index in [1.165, 1.54) is 0 Å². The van der Waals surface area contributed by atoms with Crippen molar-refractivity contribution in [2.24, 2.45) is 23.7 Å². The third-order valence-corrected chi connectivity index (χ3v) is 20.3. The molecule has 0 amide bonds. The molecule has 13 rings (SSSR count). The molecule has 76 heavy (non-hydrogen) atoms. The van der Waals surface area contributed by atoms with Crippen LogP contribution in [-0.2, 0) is 61.6 Å². The Hall–Kier alpha value is -2.20. The van der Waals surface area contributed by atoms with Crippen molar-refractivity contribution in [1.29, 1.82) is 0 Å². The standard InChI is InChI=1S/C60H84O16/c1-7-8-13-34-14-11-17-41-56(65-34)53(63)57-49(69-41)26-43-40(72-57)21-20-38-39(67-43)19-18-37-35(66-38)15-9-10-16-36-45(68-37)28-50(61)59(6)51(71-36)29-46-47(75-59)25-30(2)24-42-44(70-46)27-48-54(73-42)32(4)52(62)58-55(74-48)31(3)33(5)60(76-58)22-12-23-64-60/h7-11,13-14,18-21,30-58,61-63H,1,12,15-17,22-29H2,2-6H3/b10-9-,13-8+/t30-,31+,32+,33+,34+,35-,36+,37+,38+,39-,40-,41+,42+,43+,44-,45-,46+,47-,48+,49-,50-,51-,52+,53-,54-,55-,56+,57-,58+,59+,60-/m1/s1. The van der Waals surface area contributed by atoms with E-state index in [0.29, 0.717) is 51.6 Å². The van der Waals surface area contributed by atoms with Crippen LogP contribution in [0.5, 0.6) is 0 Å². The van der Waals surface area contributed by atoms with Crippen molar-refractivity contribution in [3.63, 3.8) is 0 Å². The summed E-state index contributed by atoms with van der Waals surface area (Å²) in [6.07, 6.45) is 18.3. The van der Waals surface area contributed by atoms with Crippen molar-refractivity contribution in [3.05, 3.63) is 73.4 Å². The van der Waals surface area contributed by atoms with Crippen molar-refractivity contribution in [1.82, 2.24) is 0 Å². The number of hydrogen-bond donors (Lipinski definition) is 3. The summed E-state index contributed by atoms with van der Waals surface area (Å²) in [4.78, 5) is 0. The van der Waals surface area contributed by atoms with Crippen LogP contribution in [0.2, 0.25) is 0 Å². The van der Waals surface area contributed by atoms with E-state index in [-0.39, 0.29) is 103 Å². The van der Waals surface area contributed by atoms with Gasteiger partial charge in [-0.15, -0.1) is 0 Å². The molecule has 16 heteroatoms. The van der Waals surface area contributed by atoms with Crippen LogP contribution in [0, 0.1) is 23.7 Å². The van der Waals surface area contributed by atoms with Gasteiger partial charge in [-0.2, -0.15) is 0 Å². The normalized spacial score (nSPS) is 57.1. The van der Waals surface area contributed by atoms with Crippen LogP contribution >= 0.6 is 0 Å². The van der Waals surface area contributed by atoms with Gasteiger partial charge in [0.1, 0.15) is 54.4 Å². The number of rotatable bonds is 2. The SMILES string of the molecule is C=C/C=C/[C@H]1C=CC[C@@H]2O[C@@H]3C[C@@H]4O[C@@H]5C=C[C@@H]6O[C@@H]7C[C@@H](O)[C@]8(C)O[C@@H]9C[C@H](C)C[C@@H]%10O[C@@H]%11[C@@H](C)[C@H](O)[C@@H]%12O[C@]%13(CCCO%13)[C@@H](C)[C@H](C)[C@H]%12O[C@H]%11C[C@H]%10O[C@H]9C[C@H]8O[C@H]7C/C=C\C[C@H]6O[C@H]5C=C[C@H]4O[C@H]3[C@H](O)[C@H]2O1. The predicted octanol–water partition coefficient (Wildman–Crippen LogP) is 5.83. The predicted molar refractivity (Wildman–Crippen MR) is 275 cm³/mol. The Morgan fingerprint density at radius 1 is 0.500 bits per heavy atom. The van der Waals surface area contributed by atoms with Crippen LogP contribution in [-0.4, -0.2) is 186 Å². The molecule has 0 bridgehead atoms. The molecule has 0 radical (unpaired) electrons. The van der Waals surface area contributed by atoms with Gasteiger partial charge in [-0.1, -0.05) is 101 Å². The quantitative estimate of drug-likeness (QED) is 0.222. The van der Waals surface area contributed by atoms with Gasteiger partial charge in [-0.05, 0) is 57.3 Å². The summed E-state index contributed by atoms with van der Waals surface area (Å²) in [6.45, 7) is 15.2. The highest BCUT2D eigenvalue weighted by Gasteiger charge is 2.62. The molecule has 1 spiro atoms. The highest BCUT2D eigenvalue weighted by Crippen LogP contribution is 2.52. The molecule has 0 aromatic heterocycles. The average Bonchev–Trinajstić information content (AvgIpc) is 3.62. The van der Waals surface area contributed by atoms with Crippen molar-refractivity contribution in [2.75, 3.05) is 6.61 Å². The van der Waals surface area contributed by atoms with E-state index in [9.17, 15) is 15.3 Å². The molecule has 0 aliphatic carbocycles. The Morgan fingerprint density at radius 3 is 1.92 bits per heavy atom. The summed E-state index contributed by atoms with van der Waals surface area (Å²) < 4.78 is 89.5. The molecule has 9 fully saturated rings. The van der Waals surface area contributed by atoms with Gasteiger partial charge < -0.3 is 76.9 Å². The number of aliphatic hydroxyl groups excluding tert-OH is 3.